The van der Waals surface area contributed by atoms with Crippen LogP contribution in [0.4, 0.5) is 5.69 Å². The van der Waals surface area contributed by atoms with Gasteiger partial charge in [0.25, 0.3) is 5.91 Å². The second-order valence-electron chi connectivity index (χ2n) is 7.17. The Balaban J connectivity index is 2.07. The van der Waals surface area contributed by atoms with Gasteiger partial charge in [-0.3, -0.25) is 9.78 Å². The Kier molecular flexibility index (Phi) is 7.48. The minimum absolute atomic E-state index is 0.0460. The Bertz CT molecular complexity index is 742. The van der Waals surface area contributed by atoms with E-state index in [9.17, 15) is 4.79 Å². The molecule has 1 atom stereocenters. The summed E-state index contributed by atoms with van der Waals surface area (Å²) in [5, 5.41) is 3.82. The van der Waals surface area contributed by atoms with Gasteiger partial charge in [0.1, 0.15) is 12.4 Å². The molecule has 0 radical (unpaired) electrons. The summed E-state index contributed by atoms with van der Waals surface area (Å²) in [5.41, 5.74) is 1.52. The third-order valence-electron chi connectivity index (χ3n) is 4.06. The minimum Gasteiger partial charge on any atom is -0.491 e. The van der Waals surface area contributed by atoms with E-state index in [1.807, 2.05) is 51.7 Å². The van der Waals surface area contributed by atoms with Gasteiger partial charge in [0, 0.05) is 40.8 Å². The predicted molar refractivity (Wildman–Crippen MR) is 111 cm³/mol. The number of anilines is 1. The molecule has 27 heavy (non-hydrogen) atoms. The molecule has 1 amide bonds. The number of carbonyl (C=O) groups is 1. The molecule has 1 unspecified atom stereocenters. The highest BCUT2D eigenvalue weighted by molar-refractivity contribution is 6.31. The van der Waals surface area contributed by atoms with E-state index in [2.05, 4.69) is 10.3 Å². The second kappa shape index (κ2) is 9.60. The quantitative estimate of drug-likeness (QED) is 0.699. The predicted octanol–water partition coefficient (Wildman–Crippen LogP) is 4.87. The standard InChI is InChI=1S/C21H28ClN3O2/c1-14(2)25(15(3)4)21(26)17-10-18(22)12-20(11-17)27-13-16(5)24-19-6-8-23-9-7-19/h6-12,14-16H,13H2,1-5H3,(H,23,24). The first-order valence-corrected chi connectivity index (χ1v) is 9.58. The highest BCUT2D eigenvalue weighted by Gasteiger charge is 2.22. The number of nitrogens with zero attached hydrogens (tertiary/aromatic N) is 2. The molecule has 2 aromatic rings. The summed E-state index contributed by atoms with van der Waals surface area (Å²) < 4.78 is 5.88. The van der Waals surface area contributed by atoms with Gasteiger partial charge in [-0.15, -0.1) is 0 Å². The number of pyridine rings is 1. The lowest BCUT2D eigenvalue weighted by Crippen LogP contribution is -2.42. The number of amides is 1. The Morgan fingerprint density at radius 1 is 1.11 bits per heavy atom. The van der Waals surface area contributed by atoms with Crippen molar-refractivity contribution in [1.29, 1.82) is 0 Å². The first-order valence-electron chi connectivity index (χ1n) is 9.20. The summed E-state index contributed by atoms with van der Waals surface area (Å²) in [6.07, 6.45) is 3.47. The SMILES string of the molecule is CC(COc1cc(Cl)cc(C(=O)N(C(C)C)C(C)C)c1)Nc1ccncc1. The molecule has 0 saturated heterocycles. The molecule has 0 fully saturated rings. The smallest absolute Gasteiger partial charge is 0.254 e. The average molecular weight is 390 g/mol. The van der Waals surface area contributed by atoms with Crippen LogP contribution in [0.3, 0.4) is 0 Å². The zero-order valence-electron chi connectivity index (χ0n) is 16.6. The summed E-state index contributed by atoms with van der Waals surface area (Å²) >= 11 is 6.23. The molecule has 1 heterocycles. The lowest BCUT2D eigenvalue weighted by molar-refractivity contribution is 0.0643. The maximum absolute atomic E-state index is 12.9. The van der Waals surface area contributed by atoms with Gasteiger partial charge in [0.2, 0.25) is 0 Å². The Morgan fingerprint density at radius 2 is 1.74 bits per heavy atom. The molecule has 0 saturated carbocycles. The normalized spacial score (nSPS) is 12.1. The summed E-state index contributed by atoms with van der Waals surface area (Å²) in [6, 6.07) is 9.26. The molecular weight excluding hydrogens is 362 g/mol. The maximum atomic E-state index is 12.9. The van der Waals surface area contributed by atoms with Crippen LogP contribution < -0.4 is 10.1 Å². The third kappa shape index (κ3) is 6.14. The van der Waals surface area contributed by atoms with Crippen molar-refractivity contribution in [1.82, 2.24) is 9.88 Å². The number of carbonyl (C=O) groups excluding carboxylic acids is 1. The fourth-order valence-electron chi connectivity index (χ4n) is 2.98. The van der Waals surface area contributed by atoms with Crippen LogP contribution in [-0.2, 0) is 0 Å². The largest absolute Gasteiger partial charge is 0.491 e. The van der Waals surface area contributed by atoms with Gasteiger partial charge < -0.3 is 15.0 Å². The zero-order valence-corrected chi connectivity index (χ0v) is 17.3. The van der Waals surface area contributed by atoms with Crippen molar-refractivity contribution in [3.05, 3.63) is 53.3 Å². The fraction of sp³-hybridized carbons (Fsp3) is 0.429. The molecule has 1 N–H and O–H groups in total. The molecule has 0 aliphatic heterocycles. The number of aromatic nitrogens is 1. The van der Waals surface area contributed by atoms with Crippen LogP contribution in [0.25, 0.3) is 0 Å². The summed E-state index contributed by atoms with van der Waals surface area (Å²) in [7, 11) is 0. The van der Waals surface area contributed by atoms with E-state index in [-0.39, 0.29) is 24.0 Å². The topological polar surface area (TPSA) is 54.5 Å². The van der Waals surface area contributed by atoms with Crippen molar-refractivity contribution in [2.75, 3.05) is 11.9 Å². The van der Waals surface area contributed by atoms with Crippen molar-refractivity contribution < 1.29 is 9.53 Å². The number of nitrogens with one attached hydrogen (secondary N) is 1. The number of benzene rings is 1. The lowest BCUT2D eigenvalue weighted by Gasteiger charge is -2.31. The van der Waals surface area contributed by atoms with Gasteiger partial charge in [-0.25, -0.2) is 0 Å². The summed E-state index contributed by atoms with van der Waals surface area (Å²) in [5.74, 6) is 0.539. The molecule has 0 aliphatic carbocycles. The van der Waals surface area contributed by atoms with Crippen LogP contribution in [0.1, 0.15) is 45.0 Å². The number of hydrogen-bond donors (Lipinski definition) is 1. The number of ether oxygens (including phenoxy) is 1. The molecule has 6 heteroatoms. The first-order chi connectivity index (χ1) is 12.8. The van der Waals surface area contributed by atoms with E-state index in [1.54, 1.807) is 30.6 Å². The molecule has 1 aromatic carbocycles. The molecule has 2 rings (SSSR count). The van der Waals surface area contributed by atoms with Crippen molar-refractivity contribution in [3.8, 4) is 5.75 Å². The summed E-state index contributed by atoms with van der Waals surface area (Å²) in [4.78, 5) is 18.7. The van der Waals surface area contributed by atoms with Gasteiger partial charge in [0.15, 0.2) is 0 Å². The van der Waals surface area contributed by atoms with E-state index >= 15 is 0 Å². The van der Waals surface area contributed by atoms with E-state index in [0.717, 1.165) is 5.69 Å². The van der Waals surface area contributed by atoms with Gasteiger partial charge in [-0.1, -0.05) is 11.6 Å². The van der Waals surface area contributed by atoms with Crippen molar-refractivity contribution in [2.24, 2.45) is 0 Å². The Morgan fingerprint density at radius 3 is 2.33 bits per heavy atom. The Hall–Kier alpha value is -2.27. The molecule has 0 spiro atoms. The van der Waals surface area contributed by atoms with Gasteiger partial charge >= 0.3 is 0 Å². The maximum Gasteiger partial charge on any atom is 0.254 e. The van der Waals surface area contributed by atoms with Crippen LogP contribution in [0.2, 0.25) is 5.02 Å². The second-order valence-corrected chi connectivity index (χ2v) is 7.60. The van der Waals surface area contributed by atoms with Gasteiger partial charge in [-0.2, -0.15) is 0 Å². The molecule has 146 valence electrons. The Labute approximate surface area is 166 Å². The molecule has 1 aromatic heterocycles. The van der Waals surface area contributed by atoms with Crippen LogP contribution >= 0.6 is 11.6 Å². The molecule has 0 aliphatic rings. The van der Waals surface area contributed by atoms with Gasteiger partial charge in [-0.05, 0) is 65.0 Å². The highest BCUT2D eigenvalue weighted by atomic mass is 35.5. The van der Waals surface area contributed by atoms with Crippen LogP contribution in [0.5, 0.6) is 5.75 Å². The lowest BCUT2D eigenvalue weighted by atomic mass is 10.1. The highest BCUT2D eigenvalue weighted by Crippen LogP contribution is 2.24. The molecule has 0 bridgehead atoms. The fourth-order valence-corrected chi connectivity index (χ4v) is 3.20. The number of halogens is 1. The number of rotatable bonds is 8. The van der Waals surface area contributed by atoms with Gasteiger partial charge in [0.05, 0.1) is 6.04 Å². The van der Waals surface area contributed by atoms with E-state index in [0.29, 0.717) is 22.9 Å². The van der Waals surface area contributed by atoms with E-state index in [4.69, 9.17) is 16.3 Å². The molecular formula is C21H28ClN3O2. The van der Waals surface area contributed by atoms with Crippen molar-refractivity contribution in [3.63, 3.8) is 0 Å². The van der Waals surface area contributed by atoms with Crippen molar-refractivity contribution in [2.45, 2.75) is 52.7 Å². The average Bonchev–Trinajstić information content (AvgIpc) is 2.59. The first kappa shape index (κ1) is 21.0. The van der Waals surface area contributed by atoms with Crippen molar-refractivity contribution >= 4 is 23.2 Å². The minimum atomic E-state index is -0.0460. The monoisotopic (exact) mass is 389 g/mol. The zero-order chi connectivity index (χ0) is 20.0. The molecule has 5 nitrogen and oxygen atoms in total. The van der Waals surface area contributed by atoms with Crippen LogP contribution in [0, 0.1) is 0 Å². The third-order valence-corrected chi connectivity index (χ3v) is 4.28. The van der Waals surface area contributed by atoms with Crippen LogP contribution in [-0.4, -0.2) is 40.5 Å². The van der Waals surface area contributed by atoms with E-state index in [1.165, 1.54) is 0 Å². The summed E-state index contributed by atoms with van der Waals surface area (Å²) in [6.45, 7) is 10.5. The number of hydrogen-bond acceptors (Lipinski definition) is 4. The van der Waals surface area contributed by atoms with E-state index < -0.39 is 0 Å². The van der Waals surface area contributed by atoms with Crippen LogP contribution in [0.15, 0.2) is 42.7 Å².